The minimum atomic E-state index is 0.124. The van der Waals surface area contributed by atoms with E-state index in [0.717, 1.165) is 43.3 Å². The van der Waals surface area contributed by atoms with Crippen LogP contribution < -0.4 is 10.1 Å². The molecule has 1 amide bonds. The van der Waals surface area contributed by atoms with Crippen LogP contribution in [0.2, 0.25) is 0 Å². The number of carbonyl (C=O) groups is 1. The predicted octanol–water partition coefficient (Wildman–Crippen LogP) is 3.15. The van der Waals surface area contributed by atoms with Crippen molar-refractivity contribution in [2.75, 3.05) is 13.1 Å². The van der Waals surface area contributed by atoms with Gasteiger partial charge >= 0.3 is 0 Å². The molecule has 132 valence electrons. The van der Waals surface area contributed by atoms with Crippen LogP contribution in [0.4, 0.5) is 0 Å². The molecule has 1 saturated carbocycles. The zero-order chi connectivity index (χ0) is 16.9. The molecule has 1 heterocycles. The van der Waals surface area contributed by atoms with Gasteiger partial charge in [-0.1, -0.05) is 18.6 Å². The van der Waals surface area contributed by atoms with E-state index in [1.165, 1.54) is 19.3 Å². The number of benzene rings is 1. The fraction of sp³-hybridized carbons (Fsp3) is 0.650. The molecule has 0 radical (unpaired) electrons. The molecule has 0 spiro atoms. The molecule has 1 aliphatic heterocycles. The summed E-state index contributed by atoms with van der Waals surface area (Å²) in [6.07, 6.45) is 6.86. The minimum Gasteiger partial charge on any atom is -0.491 e. The molecule has 24 heavy (non-hydrogen) atoms. The van der Waals surface area contributed by atoms with E-state index in [2.05, 4.69) is 10.2 Å². The van der Waals surface area contributed by atoms with Crippen molar-refractivity contribution < 1.29 is 9.53 Å². The molecular weight excluding hydrogens is 300 g/mol. The largest absolute Gasteiger partial charge is 0.491 e. The average molecular weight is 330 g/mol. The van der Waals surface area contributed by atoms with E-state index in [-0.39, 0.29) is 12.0 Å². The Hall–Kier alpha value is -1.55. The zero-order valence-corrected chi connectivity index (χ0v) is 15.0. The molecule has 1 aromatic rings. The molecule has 1 saturated heterocycles. The summed E-state index contributed by atoms with van der Waals surface area (Å²) in [5.41, 5.74) is 1.01. The highest BCUT2D eigenvalue weighted by Crippen LogP contribution is 2.27. The molecule has 3 rings (SSSR count). The molecule has 0 atom stereocenters. The van der Waals surface area contributed by atoms with E-state index in [1.807, 2.05) is 38.1 Å². The van der Waals surface area contributed by atoms with E-state index in [0.29, 0.717) is 12.5 Å². The molecule has 0 unspecified atom stereocenters. The van der Waals surface area contributed by atoms with Gasteiger partial charge < -0.3 is 15.0 Å². The molecule has 1 aliphatic carbocycles. The summed E-state index contributed by atoms with van der Waals surface area (Å²) >= 11 is 0. The SMILES string of the molecule is CC(C)Oc1cccc(CC(=O)NC2CCN(C3CCC3)CC2)c1. The molecular formula is C20H30N2O2. The summed E-state index contributed by atoms with van der Waals surface area (Å²) in [5.74, 6) is 0.961. The van der Waals surface area contributed by atoms with E-state index < -0.39 is 0 Å². The summed E-state index contributed by atoms with van der Waals surface area (Å²) in [6.45, 7) is 6.28. The topological polar surface area (TPSA) is 41.6 Å². The van der Waals surface area contributed by atoms with Gasteiger partial charge in [0, 0.05) is 25.2 Å². The first-order valence-corrected chi connectivity index (χ1v) is 9.39. The summed E-state index contributed by atoms with van der Waals surface area (Å²) in [7, 11) is 0. The lowest BCUT2D eigenvalue weighted by Gasteiger charge is -2.41. The second-order valence-electron chi connectivity index (χ2n) is 7.45. The second-order valence-corrected chi connectivity index (χ2v) is 7.45. The number of rotatable bonds is 6. The van der Waals surface area contributed by atoms with Gasteiger partial charge in [-0.15, -0.1) is 0 Å². The Bertz CT molecular complexity index is 546. The maximum absolute atomic E-state index is 12.3. The van der Waals surface area contributed by atoms with Crippen LogP contribution in [0.3, 0.4) is 0 Å². The highest BCUT2D eigenvalue weighted by atomic mass is 16.5. The lowest BCUT2D eigenvalue weighted by molar-refractivity contribution is -0.121. The molecule has 2 fully saturated rings. The summed E-state index contributed by atoms with van der Waals surface area (Å²) in [4.78, 5) is 14.9. The third-order valence-electron chi connectivity index (χ3n) is 5.12. The Morgan fingerprint density at radius 1 is 1.25 bits per heavy atom. The van der Waals surface area contributed by atoms with E-state index in [9.17, 15) is 4.79 Å². The first-order valence-electron chi connectivity index (χ1n) is 9.39. The molecule has 1 aromatic carbocycles. The lowest BCUT2D eigenvalue weighted by Crippen LogP contribution is -2.50. The quantitative estimate of drug-likeness (QED) is 0.871. The van der Waals surface area contributed by atoms with Crippen LogP contribution in [0, 0.1) is 0 Å². The van der Waals surface area contributed by atoms with Crippen LogP contribution in [-0.2, 0) is 11.2 Å². The van der Waals surface area contributed by atoms with Crippen molar-refractivity contribution in [2.45, 2.75) is 70.6 Å². The third kappa shape index (κ3) is 4.73. The number of carbonyl (C=O) groups excluding carboxylic acids is 1. The Balaban J connectivity index is 1.44. The van der Waals surface area contributed by atoms with Gasteiger partial charge in [-0.05, 0) is 57.2 Å². The predicted molar refractivity (Wildman–Crippen MR) is 96.3 cm³/mol. The molecule has 0 aromatic heterocycles. The van der Waals surface area contributed by atoms with Gasteiger partial charge in [0.05, 0.1) is 12.5 Å². The van der Waals surface area contributed by atoms with Crippen molar-refractivity contribution in [1.82, 2.24) is 10.2 Å². The molecule has 0 bridgehead atoms. The number of hydrogen-bond donors (Lipinski definition) is 1. The maximum Gasteiger partial charge on any atom is 0.224 e. The zero-order valence-electron chi connectivity index (χ0n) is 15.0. The van der Waals surface area contributed by atoms with Gasteiger partial charge in [-0.2, -0.15) is 0 Å². The van der Waals surface area contributed by atoms with Gasteiger partial charge in [0.1, 0.15) is 5.75 Å². The lowest BCUT2D eigenvalue weighted by atomic mass is 9.89. The smallest absolute Gasteiger partial charge is 0.224 e. The van der Waals surface area contributed by atoms with Crippen LogP contribution in [0.1, 0.15) is 51.5 Å². The summed E-state index contributed by atoms with van der Waals surface area (Å²) in [5, 5.41) is 3.22. The van der Waals surface area contributed by atoms with Gasteiger partial charge in [-0.3, -0.25) is 4.79 Å². The van der Waals surface area contributed by atoms with Crippen LogP contribution >= 0.6 is 0 Å². The highest BCUT2D eigenvalue weighted by molar-refractivity contribution is 5.79. The van der Waals surface area contributed by atoms with E-state index in [4.69, 9.17) is 4.74 Å². The van der Waals surface area contributed by atoms with Crippen LogP contribution in [0.15, 0.2) is 24.3 Å². The molecule has 4 nitrogen and oxygen atoms in total. The van der Waals surface area contributed by atoms with Crippen molar-refractivity contribution in [1.29, 1.82) is 0 Å². The van der Waals surface area contributed by atoms with Crippen molar-refractivity contribution >= 4 is 5.91 Å². The number of likely N-dealkylation sites (tertiary alicyclic amines) is 1. The maximum atomic E-state index is 12.3. The number of piperidine rings is 1. The normalized spacial score (nSPS) is 20.0. The third-order valence-corrected chi connectivity index (χ3v) is 5.12. The fourth-order valence-corrected chi connectivity index (χ4v) is 3.63. The minimum absolute atomic E-state index is 0.124. The number of hydrogen-bond acceptors (Lipinski definition) is 3. The molecule has 1 N–H and O–H groups in total. The van der Waals surface area contributed by atoms with Crippen molar-refractivity contribution in [3.63, 3.8) is 0 Å². The Kier molecular flexibility index (Phi) is 5.77. The molecule has 2 aliphatic rings. The standard InChI is InChI=1S/C20H30N2O2/c1-15(2)24-19-8-3-5-16(13-19)14-20(23)21-17-9-11-22(12-10-17)18-6-4-7-18/h3,5,8,13,15,17-18H,4,6-7,9-12,14H2,1-2H3,(H,21,23). The molecule has 4 heteroatoms. The average Bonchev–Trinajstić information content (AvgIpc) is 2.47. The summed E-state index contributed by atoms with van der Waals surface area (Å²) in [6, 6.07) is 9.02. The van der Waals surface area contributed by atoms with Gasteiger partial charge in [0.15, 0.2) is 0 Å². The number of amides is 1. The van der Waals surface area contributed by atoms with Crippen molar-refractivity contribution in [3.05, 3.63) is 29.8 Å². The highest BCUT2D eigenvalue weighted by Gasteiger charge is 2.29. The van der Waals surface area contributed by atoms with Crippen LogP contribution in [-0.4, -0.2) is 42.1 Å². The van der Waals surface area contributed by atoms with Crippen LogP contribution in [0.25, 0.3) is 0 Å². The number of nitrogens with one attached hydrogen (secondary N) is 1. The van der Waals surface area contributed by atoms with Gasteiger partial charge in [-0.25, -0.2) is 0 Å². The number of nitrogens with zero attached hydrogens (tertiary/aromatic N) is 1. The van der Waals surface area contributed by atoms with Gasteiger partial charge in [0.2, 0.25) is 5.91 Å². The van der Waals surface area contributed by atoms with Crippen molar-refractivity contribution in [2.24, 2.45) is 0 Å². The second kappa shape index (κ2) is 8.02. The van der Waals surface area contributed by atoms with E-state index >= 15 is 0 Å². The Morgan fingerprint density at radius 2 is 2.00 bits per heavy atom. The summed E-state index contributed by atoms with van der Waals surface area (Å²) < 4.78 is 5.70. The monoisotopic (exact) mass is 330 g/mol. The number of ether oxygens (including phenoxy) is 1. The van der Waals surface area contributed by atoms with Crippen LogP contribution in [0.5, 0.6) is 5.75 Å². The first kappa shape index (κ1) is 17.3. The Morgan fingerprint density at radius 3 is 2.62 bits per heavy atom. The van der Waals surface area contributed by atoms with Gasteiger partial charge in [0.25, 0.3) is 0 Å². The van der Waals surface area contributed by atoms with Crippen molar-refractivity contribution in [3.8, 4) is 5.75 Å². The van der Waals surface area contributed by atoms with E-state index in [1.54, 1.807) is 0 Å². The Labute approximate surface area is 145 Å². The first-order chi connectivity index (χ1) is 11.6. The fourth-order valence-electron chi connectivity index (χ4n) is 3.63.